The first-order valence-electron chi connectivity index (χ1n) is 3.99. The van der Waals surface area contributed by atoms with Crippen molar-refractivity contribution in [2.24, 2.45) is 0 Å². The molecule has 0 aliphatic rings. The van der Waals surface area contributed by atoms with Crippen molar-refractivity contribution in [1.82, 2.24) is 10.2 Å². The van der Waals surface area contributed by atoms with Gasteiger partial charge in [-0.1, -0.05) is 6.92 Å². The molecule has 0 aromatic rings. The highest BCUT2D eigenvalue weighted by atomic mass is 16.2. The summed E-state index contributed by atoms with van der Waals surface area (Å²) in [5, 5.41) is 11.7. The summed E-state index contributed by atoms with van der Waals surface area (Å²) in [4.78, 5) is 1.99. The fraction of sp³-hybridized carbons (Fsp3) is 0.750. The highest BCUT2D eigenvalue weighted by Crippen LogP contribution is 1.80. The minimum absolute atomic E-state index is 0.109. The molecule has 3 heteroatoms. The van der Waals surface area contributed by atoms with Crippen molar-refractivity contribution in [1.29, 1.82) is 0 Å². The summed E-state index contributed by atoms with van der Waals surface area (Å²) in [6.07, 6.45) is 4.73. The molecule has 0 rings (SSSR count). The van der Waals surface area contributed by atoms with Gasteiger partial charge in [-0.25, -0.2) is 0 Å². The number of nitrogens with one attached hydrogen (secondary N) is 1. The van der Waals surface area contributed by atoms with Crippen LogP contribution in [-0.2, 0) is 0 Å². The van der Waals surface area contributed by atoms with Crippen molar-refractivity contribution in [3.63, 3.8) is 0 Å². The SMILES string of the molecule is CCCNCN(C)/C=C/CO. The third-order valence-electron chi connectivity index (χ3n) is 1.25. The van der Waals surface area contributed by atoms with Crippen LogP contribution >= 0.6 is 0 Å². The Morgan fingerprint density at radius 2 is 2.27 bits per heavy atom. The lowest BCUT2D eigenvalue weighted by molar-refractivity contribution is 0.336. The zero-order chi connectivity index (χ0) is 8.53. The molecule has 0 unspecified atom stereocenters. The summed E-state index contributed by atoms with van der Waals surface area (Å²) in [7, 11) is 1.97. The van der Waals surface area contributed by atoms with E-state index in [4.69, 9.17) is 5.11 Å². The zero-order valence-corrected chi connectivity index (χ0v) is 7.38. The van der Waals surface area contributed by atoms with Gasteiger partial charge in [0.2, 0.25) is 0 Å². The Bertz CT molecular complexity index is 104. The molecule has 66 valence electrons. The molecule has 2 N–H and O–H groups in total. The van der Waals surface area contributed by atoms with Gasteiger partial charge in [0.25, 0.3) is 0 Å². The van der Waals surface area contributed by atoms with Gasteiger partial charge in [-0.05, 0) is 25.2 Å². The summed E-state index contributed by atoms with van der Waals surface area (Å²) in [5.41, 5.74) is 0. The van der Waals surface area contributed by atoms with Gasteiger partial charge in [0, 0.05) is 7.05 Å². The van der Waals surface area contributed by atoms with Crippen LogP contribution in [0.4, 0.5) is 0 Å². The van der Waals surface area contributed by atoms with E-state index in [0.717, 1.165) is 19.6 Å². The quantitative estimate of drug-likeness (QED) is 0.433. The molecule has 0 fully saturated rings. The van der Waals surface area contributed by atoms with Gasteiger partial charge < -0.3 is 10.0 Å². The van der Waals surface area contributed by atoms with Gasteiger partial charge in [0.15, 0.2) is 0 Å². The molecule has 0 aromatic heterocycles. The maximum Gasteiger partial charge on any atom is 0.0673 e. The molecule has 0 aromatic carbocycles. The Kier molecular flexibility index (Phi) is 7.19. The van der Waals surface area contributed by atoms with E-state index in [2.05, 4.69) is 12.2 Å². The molecule has 0 spiro atoms. The summed E-state index contributed by atoms with van der Waals surface area (Å²) in [6, 6.07) is 0. The monoisotopic (exact) mass is 158 g/mol. The highest BCUT2D eigenvalue weighted by Gasteiger charge is 1.87. The largest absolute Gasteiger partial charge is 0.392 e. The molecule has 3 nitrogen and oxygen atoms in total. The summed E-state index contributed by atoms with van der Waals surface area (Å²) in [6.45, 7) is 4.12. The number of hydrogen-bond donors (Lipinski definition) is 2. The van der Waals surface area contributed by atoms with Crippen LogP contribution in [0.1, 0.15) is 13.3 Å². The predicted octanol–water partition coefficient (Wildman–Crippen LogP) is 0.381. The topological polar surface area (TPSA) is 35.5 Å². The minimum atomic E-state index is 0.109. The van der Waals surface area contributed by atoms with Crippen LogP contribution in [-0.4, -0.2) is 36.9 Å². The number of aliphatic hydroxyl groups is 1. The number of rotatable bonds is 6. The second-order valence-electron chi connectivity index (χ2n) is 2.48. The molecular weight excluding hydrogens is 140 g/mol. The average molecular weight is 158 g/mol. The Morgan fingerprint density at radius 3 is 2.82 bits per heavy atom. The van der Waals surface area contributed by atoms with Gasteiger partial charge in [-0.3, -0.25) is 5.32 Å². The average Bonchev–Trinajstić information content (AvgIpc) is 2.01. The third kappa shape index (κ3) is 7.36. The summed E-state index contributed by atoms with van der Waals surface area (Å²) in [5.74, 6) is 0. The van der Waals surface area contributed by atoms with E-state index < -0.39 is 0 Å². The molecule has 0 saturated heterocycles. The molecule has 0 aliphatic carbocycles. The molecule has 0 bridgehead atoms. The molecule has 0 amide bonds. The molecule has 0 aliphatic heterocycles. The van der Waals surface area contributed by atoms with Crippen LogP contribution in [0.25, 0.3) is 0 Å². The molecule has 11 heavy (non-hydrogen) atoms. The van der Waals surface area contributed by atoms with Crippen LogP contribution in [0.3, 0.4) is 0 Å². The summed E-state index contributed by atoms with van der Waals surface area (Å²) >= 11 is 0. The van der Waals surface area contributed by atoms with Crippen LogP contribution in [0.2, 0.25) is 0 Å². The maximum absolute atomic E-state index is 8.45. The van der Waals surface area contributed by atoms with Gasteiger partial charge in [-0.15, -0.1) is 0 Å². The van der Waals surface area contributed by atoms with E-state index >= 15 is 0 Å². The van der Waals surface area contributed by atoms with E-state index in [0.29, 0.717) is 0 Å². The standard InChI is InChI=1S/C8H18N2O/c1-3-5-9-8-10(2)6-4-7-11/h4,6,9,11H,3,5,7-8H2,1-2H3/b6-4+. The molecular formula is C8H18N2O. The second-order valence-corrected chi connectivity index (χ2v) is 2.48. The van der Waals surface area contributed by atoms with Crippen LogP contribution in [0.5, 0.6) is 0 Å². The van der Waals surface area contributed by atoms with E-state index in [1.807, 2.05) is 18.1 Å². The third-order valence-corrected chi connectivity index (χ3v) is 1.25. The van der Waals surface area contributed by atoms with Crippen molar-refractivity contribution >= 4 is 0 Å². The molecule has 0 atom stereocenters. The lowest BCUT2D eigenvalue weighted by Crippen LogP contribution is -2.27. The number of hydrogen-bond acceptors (Lipinski definition) is 3. The smallest absolute Gasteiger partial charge is 0.0673 e. The fourth-order valence-corrected chi connectivity index (χ4v) is 0.712. The Hall–Kier alpha value is -0.540. The zero-order valence-electron chi connectivity index (χ0n) is 7.38. The van der Waals surface area contributed by atoms with Gasteiger partial charge in [-0.2, -0.15) is 0 Å². The van der Waals surface area contributed by atoms with E-state index in [9.17, 15) is 0 Å². The minimum Gasteiger partial charge on any atom is -0.392 e. The van der Waals surface area contributed by atoms with E-state index in [1.54, 1.807) is 6.08 Å². The Balaban J connectivity index is 3.21. The van der Waals surface area contributed by atoms with Gasteiger partial charge in [0.1, 0.15) is 0 Å². The van der Waals surface area contributed by atoms with Crippen molar-refractivity contribution in [2.75, 3.05) is 26.9 Å². The lowest BCUT2D eigenvalue weighted by Gasteiger charge is -2.13. The first kappa shape index (κ1) is 10.5. The van der Waals surface area contributed by atoms with E-state index in [1.165, 1.54) is 0 Å². The van der Waals surface area contributed by atoms with Crippen LogP contribution in [0, 0.1) is 0 Å². The lowest BCUT2D eigenvalue weighted by atomic mass is 10.5. The molecule has 0 heterocycles. The normalized spacial score (nSPS) is 10.8. The number of aliphatic hydroxyl groups excluding tert-OH is 1. The van der Waals surface area contributed by atoms with Crippen molar-refractivity contribution in [3.05, 3.63) is 12.3 Å². The predicted molar refractivity (Wildman–Crippen MR) is 47.1 cm³/mol. The highest BCUT2D eigenvalue weighted by molar-refractivity contribution is 4.79. The first-order chi connectivity index (χ1) is 5.31. The van der Waals surface area contributed by atoms with Crippen molar-refractivity contribution < 1.29 is 5.11 Å². The maximum atomic E-state index is 8.45. The van der Waals surface area contributed by atoms with Crippen LogP contribution in [0.15, 0.2) is 12.3 Å². The van der Waals surface area contributed by atoms with Crippen LogP contribution < -0.4 is 5.32 Å². The summed E-state index contributed by atoms with van der Waals surface area (Å²) < 4.78 is 0. The first-order valence-corrected chi connectivity index (χ1v) is 3.99. The van der Waals surface area contributed by atoms with Crippen molar-refractivity contribution in [2.45, 2.75) is 13.3 Å². The second kappa shape index (κ2) is 7.57. The van der Waals surface area contributed by atoms with Gasteiger partial charge in [0.05, 0.1) is 13.3 Å². The molecule has 0 radical (unpaired) electrons. The van der Waals surface area contributed by atoms with Gasteiger partial charge >= 0.3 is 0 Å². The van der Waals surface area contributed by atoms with E-state index in [-0.39, 0.29) is 6.61 Å². The Labute approximate surface area is 68.7 Å². The number of nitrogens with zero attached hydrogens (tertiary/aromatic N) is 1. The van der Waals surface area contributed by atoms with Crippen molar-refractivity contribution in [3.8, 4) is 0 Å². The molecule has 0 saturated carbocycles. The Morgan fingerprint density at radius 1 is 1.55 bits per heavy atom. The fourth-order valence-electron chi connectivity index (χ4n) is 0.712.